The van der Waals surface area contributed by atoms with Crippen LogP contribution in [0.4, 0.5) is 32.0 Å². The van der Waals surface area contributed by atoms with E-state index in [1.165, 1.54) is 30.5 Å². The van der Waals surface area contributed by atoms with Crippen molar-refractivity contribution < 1.29 is 35.8 Å². The van der Waals surface area contributed by atoms with E-state index in [9.17, 15) is 26.3 Å². The lowest BCUT2D eigenvalue weighted by Gasteiger charge is -2.11. The standard InChI is InChI=1S/C16H14F6N4O2.HI/c17-15(18,19)9-27-13-10(2-1-7-24-13)8-25-14(23)26-11-3-5-12(6-4-11)28-16(20,21)22;/h1-7H,8-9H2,(H3,23,25,26);1H. The molecule has 0 aliphatic heterocycles. The molecule has 0 saturated heterocycles. The molecule has 3 N–H and O–H groups in total. The molecule has 0 saturated carbocycles. The van der Waals surface area contributed by atoms with Crippen LogP contribution < -0.4 is 20.5 Å². The van der Waals surface area contributed by atoms with E-state index in [4.69, 9.17) is 5.73 Å². The van der Waals surface area contributed by atoms with Crippen LogP contribution in [0.1, 0.15) is 5.56 Å². The van der Waals surface area contributed by atoms with Gasteiger partial charge in [0.2, 0.25) is 5.88 Å². The van der Waals surface area contributed by atoms with Crippen LogP contribution in [-0.2, 0) is 6.54 Å². The molecule has 2 rings (SSSR count). The molecule has 6 nitrogen and oxygen atoms in total. The highest BCUT2D eigenvalue weighted by Gasteiger charge is 2.31. The maximum absolute atomic E-state index is 12.3. The van der Waals surface area contributed by atoms with E-state index in [-0.39, 0.29) is 47.9 Å². The van der Waals surface area contributed by atoms with Gasteiger partial charge in [0.05, 0.1) is 6.54 Å². The Bertz CT molecular complexity index is 812. The summed E-state index contributed by atoms with van der Waals surface area (Å²) in [4.78, 5) is 7.67. The van der Waals surface area contributed by atoms with E-state index >= 15 is 0 Å². The molecule has 1 heterocycles. The van der Waals surface area contributed by atoms with Crippen molar-refractivity contribution >= 4 is 35.6 Å². The number of hydrogen-bond acceptors (Lipinski definition) is 4. The summed E-state index contributed by atoms with van der Waals surface area (Å²) >= 11 is 0. The first-order valence-electron chi connectivity index (χ1n) is 7.58. The fourth-order valence-corrected chi connectivity index (χ4v) is 1.92. The normalized spacial score (nSPS) is 12.1. The van der Waals surface area contributed by atoms with E-state index in [1.807, 2.05) is 0 Å². The van der Waals surface area contributed by atoms with Gasteiger partial charge in [-0.05, 0) is 30.3 Å². The quantitative estimate of drug-likeness (QED) is 0.247. The van der Waals surface area contributed by atoms with Gasteiger partial charge in [-0.25, -0.2) is 9.98 Å². The molecule has 1 aromatic heterocycles. The van der Waals surface area contributed by atoms with Crippen molar-refractivity contribution in [3.63, 3.8) is 0 Å². The van der Waals surface area contributed by atoms with Crippen LogP contribution in [0.2, 0.25) is 0 Å². The number of rotatable bonds is 6. The Labute approximate surface area is 178 Å². The SMILES string of the molecule is I.NC(=NCc1cccnc1OCC(F)(F)F)Nc1ccc(OC(F)(F)F)cc1. The number of benzene rings is 1. The smallest absolute Gasteiger partial charge is 0.468 e. The highest BCUT2D eigenvalue weighted by Crippen LogP contribution is 2.24. The highest BCUT2D eigenvalue weighted by atomic mass is 127. The summed E-state index contributed by atoms with van der Waals surface area (Å²) in [5, 5.41) is 2.63. The van der Waals surface area contributed by atoms with E-state index in [0.717, 1.165) is 12.1 Å². The number of hydrogen-bond donors (Lipinski definition) is 2. The number of aliphatic imine (C=N–C) groups is 1. The lowest BCUT2D eigenvalue weighted by Crippen LogP contribution is -2.23. The number of alkyl halides is 6. The van der Waals surface area contributed by atoms with Crippen LogP contribution in [0.15, 0.2) is 47.6 Å². The van der Waals surface area contributed by atoms with Crippen molar-refractivity contribution in [2.24, 2.45) is 10.7 Å². The number of halogens is 7. The van der Waals surface area contributed by atoms with Crippen LogP contribution >= 0.6 is 24.0 Å². The predicted octanol–water partition coefficient (Wildman–Crippen LogP) is 4.47. The molecule has 0 bridgehead atoms. The van der Waals surface area contributed by atoms with Crippen molar-refractivity contribution in [3.05, 3.63) is 48.2 Å². The van der Waals surface area contributed by atoms with Gasteiger partial charge in [0, 0.05) is 17.4 Å². The van der Waals surface area contributed by atoms with Crippen LogP contribution in [-0.4, -0.2) is 30.1 Å². The molecule has 0 fully saturated rings. The number of nitrogens with two attached hydrogens (primary N) is 1. The first kappa shape index (κ1) is 24.6. The van der Waals surface area contributed by atoms with Crippen molar-refractivity contribution in [1.82, 2.24) is 4.98 Å². The summed E-state index contributed by atoms with van der Waals surface area (Å²) in [5.74, 6) is -0.754. The summed E-state index contributed by atoms with van der Waals surface area (Å²) in [5.41, 5.74) is 6.27. The summed E-state index contributed by atoms with van der Waals surface area (Å²) in [7, 11) is 0. The van der Waals surface area contributed by atoms with E-state index in [2.05, 4.69) is 24.8 Å². The lowest BCUT2D eigenvalue weighted by molar-refractivity contribution is -0.274. The van der Waals surface area contributed by atoms with Gasteiger partial charge in [0.15, 0.2) is 12.6 Å². The second kappa shape index (κ2) is 10.4. The number of guanidine groups is 1. The molecule has 160 valence electrons. The molecular weight excluding hydrogens is 521 g/mol. The number of nitrogens with zero attached hydrogens (tertiary/aromatic N) is 2. The van der Waals surface area contributed by atoms with Gasteiger partial charge >= 0.3 is 12.5 Å². The zero-order valence-electron chi connectivity index (χ0n) is 14.4. The Morgan fingerprint density at radius 1 is 1.07 bits per heavy atom. The highest BCUT2D eigenvalue weighted by molar-refractivity contribution is 14.0. The maximum atomic E-state index is 12.3. The summed E-state index contributed by atoms with van der Waals surface area (Å²) in [6.07, 6.45) is -8.04. The Kier molecular flexibility index (Phi) is 8.79. The fourth-order valence-electron chi connectivity index (χ4n) is 1.92. The molecule has 2 aromatic rings. The number of aromatic nitrogens is 1. The van der Waals surface area contributed by atoms with Crippen LogP contribution in [0.25, 0.3) is 0 Å². The lowest BCUT2D eigenvalue weighted by atomic mass is 10.3. The number of nitrogens with one attached hydrogen (secondary N) is 1. The second-order valence-corrected chi connectivity index (χ2v) is 5.27. The average molecular weight is 536 g/mol. The van der Waals surface area contributed by atoms with Crippen molar-refractivity contribution in [3.8, 4) is 11.6 Å². The average Bonchev–Trinajstić information content (AvgIpc) is 2.58. The summed E-state index contributed by atoms with van der Waals surface area (Å²) in [6, 6.07) is 7.68. The first-order valence-corrected chi connectivity index (χ1v) is 7.58. The Hall–Kier alpha value is -2.45. The minimum atomic E-state index is -4.80. The molecule has 1 aromatic carbocycles. The number of anilines is 1. The van der Waals surface area contributed by atoms with Crippen molar-refractivity contribution in [1.29, 1.82) is 0 Å². The van der Waals surface area contributed by atoms with Gasteiger partial charge in [0.1, 0.15) is 5.75 Å². The molecule has 0 atom stereocenters. The van der Waals surface area contributed by atoms with Crippen LogP contribution in [0.5, 0.6) is 11.6 Å². The van der Waals surface area contributed by atoms with Gasteiger partial charge in [-0.2, -0.15) is 13.2 Å². The zero-order valence-corrected chi connectivity index (χ0v) is 16.8. The van der Waals surface area contributed by atoms with Crippen molar-refractivity contribution in [2.45, 2.75) is 19.1 Å². The molecule has 0 aliphatic rings. The molecule has 0 amide bonds. The third kappa shape index (κ3) is 9.54. The molecule has 0 aliphatic carbocycles. The topological polar surface area (TPSA) is 81.8 Å². The molecule has 29 heavy (non-hydrogen) atoms. The largest absolute Gasteiger partial charge is 0.573 e. The monoisotopic (exact) mass is 536 g/mol. The van der Waals surface area contributed by atoms with Crippen LogP contribution in [0, 0.1) is 0 Å². The summed E-state index contributed by atoms with van der Waals surface area (Å²) < 4.78 is 81.5. The minimum Gasteiger partial charge on any atom is -0.468 e. The van der Waals surface area contributed by atoms with Gasteiger partial charge in [-0.3, -0.25) is 0 Å². The van der Waals surface area contributed by atoms with Crippen LogP contribution in [0.3, 0.4) is 0 Å². The Morgan fingerprint density at radius 3 is 2.31 bits per heavy atom. The van der Waals surface area contributed by atoms with E-state index < -0.39 is 24.9 Å². The number of pyridine rings is 1. The molecular formula is C16H15F6IN4O2. The van der Waals surface area contributed by atoms with Crippen molar-refractivity contribution in [2.75, 3.05) is 11.9 Å². The zero-order chi connectivity index (χ0) is 20.8. The molecule has 0 spiro atoms. The third-order valence-electron chi connectivity index (χ3n) is 3.00. The van der Waals surface area contributed by atoms with E-state index in [0.29, 0.717) is 5.69 Å². The first-order chi connectivity index (χ1) is 13.0. The van der Waals surface area contributed by atoms with Gasteiger partial charge in [-0.1, -0.05) is 6.07 Å². The van der Waals surface area contributed by atoms with Gasteiger partial charge in [0.25, 0.3) is 0 Å². The molecule has 13 heteroatoms. The predicted molar refractivity (Wildman–Crippen MR) is 103 cm³/mol. The molecule has 0 unspecified atom stereocenters. The molecule has 0 radical (unpaired) electrons. The van der Waals surface area contributed by atoms with Gasteiger partial charge < -0.3 is 20.5 Å². The Morgan fingerprint density at radius 2 is 1.72 bits per heavy atom. The van der Waals surface area contributed by atoms with E-state index in [1.54, 1.807) is 0 Å². The Balaban J connectivity index is 0.00000420. The summed E-state index contributed by atoms with van der Waals surface area (Å²) in [6.45, 7) is -1.63. The third-order valence-corrected chi connectivity index (χ3v) is 3.00. The van der Waals surface area contributed by atoms with Gasteiger partial charge in [-0.15, -0.1) is 37.1 Å². The second-order valence-electron chi connectivity index (χ2n) is 5.27. The fraction of sp³-hybridized carbons (Fsp3) is 0.250. The maximum Gasteiger partial charge on any atom is 0.573 e. The minimum absolute atomic E-state index is 0. The number of ether oxygens (including phenoxy) is 2.